The van der Waals surface area contributed by atoms with Gasteiger partial charge < -0.3 is 0 Å². The molecule has 0 spiro atoms. The number of hydrogen-bond acceptors (Lipinski definition) is 0. The molecule has 0 aliphatic carbocycles. The first-order valence-corrected chi connectivity index (χ1v) is 3.98. The van der Waals surface area contributed by atoms with Gasteiger partial charge in [0.05, 0.1) is 0 Å². The van der Waals surface area contributed by atoms with Crippen molar-refractivity contribution in [2.24, 2.45) is 0 Å². The van der Waals surface area contributed by atoms with E-state index >= 15 is 0 Å². The lowest BCUT2D eigenvalue weighted by atomic mass is 10.2. The summed E-state index contributed by atoms with van der Waals surface area (Å²) in [6, 6.07) is 9.30. The van der Waals surface area contributed by atoms with E-state index in [2.05, 4.69) is 41.1 Å². The van der Waals surface area contributed by atoms with E-state index in [1.807, 2.05) is 6.07 Å². The predicted molar refractivity (Wildman–Crippen MR) is 42.6 cm³/mol. The number of aryl methyl sites for hydroxylation is 1. The molecule has 0 saturated carbocycles. The van der Waals surface area contributed by atoms with Gasteiger partial charge in [-0.2, -0.15) is 0 Å². The quantitative estimate of drug-likeness (QED) is 0.588. The average Bonchev–Trinajstić information content (AvgIpc) is 1.90. The van der Waals surface area contributed by atoms with Crippen molar-refractivity contribution in [2.45, 2.75) is 12.3 Å². The standard InChI is InChI=1S/C8H8Br/c1-7-2-4-8(6-9)5-3-7/h2-4H,6H2,1H3. The van der Waals surface area contributed by atoms with Gasteiger partial charge in [0.1, 0.15) is 0 Å². The minimum Gasteiger partial charge on any atom is -0.0876 e. The van der Waals surface area contributed by atoms with Crippen molar-refractivity contribution in [3.8, 4) is 0 Å². The molecule has 0 aromatic heterocycles. The van der Waals surface area contributed by atoms with Gasteiger partial charge in [-0.1, -0.05) is 39.7 Å². The molecule has 1 radical (unpaired) electrons. The summed E-state index contributed by atoms with van der Waals surface area (Å²) in [6.07, 6.45) is 0. The van der Waals surface area contributed by atoms with Gasteiger partial charge in [0.15, 0.2) is 0 Å². The molecule has 0 unspecified atom stereocenters. The Morgan fingerprint density at radius 2 is 2.33 bits per heavy atom. The van der Waals surface area contributed by atoms with Crippen LogP contribution in [0.2, 0.25) is 0 Å². The zero-order valence-corrected chi connectivity index (χ0v) is 6.90. The third-order valence-corrected chi connectivity index (χ3v) is 1.78. The minimum absolute atomic E-state index is 0.896. The smallest absolute Gasteiger partial charge is 0.0289 e. The van der Waals surface area contributed by atoms with Crippen LogP contribution in [-0.4, -0.2) is 0 Å². The largest absolute Gasteiger partial charge is 0.0876 e. The maximum Gasteiger partial charge on any atom is 0.0289 e. The summed E-state index contributed by atoms with van der Waals surface area (Å²) in [7, 11) is 0. The molecule has 0 saturated heterocycles. The number of hydrogen-bond donors (Lipinski definition) is 0. The van der Waals surface area contributed by atoms with Gasteiger partial charge in [-0.3, -0.25) is 0 Å². The summed E-state index contributed by atoms with van der Waals surface area (Å²) >= 11 is 3.35. The molecule has 0 nitrogen and oxygen atoms in total. The van der Waals surface area contributed by atoms with Crippen LogP contribution in [-0.2, 0) is 5.33 Å². The van der Waals surface area contributed by atoms with Crippen LogP contribution < -0.4 is 0 Å². The van der Waals surface area contributed by atoms with Gasteiger partial charge in [-0.15, -0.1) is 0 Å². The van der Waals surface area contributed by atoms with Crippen LogP contribution in [0.25, 0.3) is 0 Å². The number of rotatable bonds is 1. The maximum atomic E-state index is 3.35. The second-order valence-electron chi connectivity index (χ2n) is 2.02. The van der Waals surface area contributed by atoms with Gasteiger partial charge in [0, 0.05) is 5.33 Å². The van der Waals surface area contributed by atoms with Crippen LogP contribution in [0.1, 0.15) is 11.1 Å². The van der Waals surface area contributed by atoms with E-state index in [1.54, 1.807) is 0 Å². The first-order chi connectivity index (χ1) is 4.33. The Morgan fingerprint density at radius 1 is 1.56 bits per heavy atom. The van der Waals surface area contributed by atoms with Gasteiger partial charge in [0.25, 0.3) is 0 Å². The number of benzene rings is 1. The molecule has 1 heteroatoms. The summed E-state index contributed by atoms with van der Waals surface area (Å²) in [5, 5.41) is 0.896. The van der Waals surface area contributed by atoms with Gasteiger partial charge in [-0.05, 0) is 18.6 Å². The van der Waals surface area contributed by atoms with Crippen LogP contribution in [0.4, 0.5) is 0 Å². The van der Waals surface area contributed by atoms with Crippen LogP contribution in [0, 0.1) is 13.0 Å². The lowest BCUT2D eigenvalue weighted by Crippen LogP contribution is -1.76. The Balaban J connectivity index is 2.88. The Morgan fingerprint density at radius 3 is 2.78 bits per heavy atom. The average molecular weight is 184 g/mol. The number of alkyl halides is 1. The SMILES string of the molecule is Cc1c[c]c(CBr)cc1. The summed E-state index contributed by atoms with van der Waals surface area (Å²) in [4.78, 5) is 0. The van der Waals surface area contributed by atoms with Crippen LogP contribution in [0.5, 0.6) is 0 Å². The number of halogens is 1. The summed E-state index contributed by atoms with van der Waals surface area (Å²) in [5.74, 6) is 0. The fourth-order valence-corrected chi connectivity index (χ4v) is 0.967. The molecule has 1 aromatic rings. The van der Waals surface area contributed by atoms with E-state index in [0.29, 0.717) is 0 Å². The third kappa shape index (κ3) is 1.83. The van der Waals surface area contributed by atoms with E-state index in [9.17, 15) is 0 Å². The van der Waals surface area contributed by atoms with E-state index in [4.69, 9.17) is 0 Å². The predicted octanol–water partition coefficient (Wildman–Crippen LogP) is 2.69. The first kappa shape index (κ1) is 6.81. The Hall–Kier alpha value is -0.300. The highest BCUT2D eigenvalue weighted by Gasteiger charge is 1.86. The normalized spacial score (nSPS) is 9.56. The van der Waals surface area contributed by atoms with E-state index in [0.717, 1.165) is 5.33 Å². The van der Waals surface area contributed by atoms with E-state index in [1.165, 1.54) is 11.1 Å². The van der Waals surface area contributed by atoms with Crippen LogP contribution in [0.3, 0.4) is 0 Å². The zero-order chi connectivity index (χ0) is 6.69. The molecule has 0 amide bonds. The van der Waals surface area contributed by atoms with E-state index < -0.39 is 0 Å². The topological polar surface area (TPSA) is 0 Å². The van der Waals surface area contributed by atoms with Crippen molar-refractivity contribution in [1.29, 1.82) is 0 Å². The van der Waals surface area contributed by atoms with Crippen LogP contribution in [0.15, 0.2) is 18.2 Å². The van der Waals surface area contributed by atoms with Gasteiger partial charge >= 0.3 is 0 Å². The first-order valence-electron chi connectivity index (χ1n) is 2.86. The monoisotopic (exact) mass is 183 g/mol. The molecule has 0 aliphatic heterocycles. The van der Waals surface area contributed by atoms with Crippen molar-refractivity contribution in [3.05, 3.63) is 35.4 Å². The van der Waals surface area contributed by atoms with Crippen LogP contribution >= 0.6 is 15.9 Å². The summed E-state index contributed by atoms with van der Waals surface area (Å²) < 4.78 is 0. The molecular formula is C8H8Br. The lowest BCUT2D eigenvalue weighted by Gasteiger charge is -1.92. The van der Waals surface area contributed by atoms with E-state index in [-0.39, 0.29) is 0 Å². The van der Waals surface area contributed by atoms with Crippen molar-refractivity contribution in [2.75, 3.05) is 0 Å². The minimum atomic E-state index is 0.896. The summed E-state index contributed by atoms with van der Waals surface area (Å²) in [5.41, 5.74) is 2.47. The van der Waals surface area contributed by atoms with Crippen molar-refractivity contribution in [3.63, 3.8) is 0 Å². The molecule has 0 N–H and O–H groups in total. The second-order valence-corrected chi connectivity index (χ2v) is 2.59. The molecular weight excluding hydrogens is 176 g/mol. The maximum absolute atomic E-state index is 3.35. The highest BCUT2D eigenvalue weighted by Crippen LogP contribution is 2.05. The van der Waals surface area contributed by atoms with Gasteiger partial charge in [0.2, 0.25) is 0 Å². The Kier molecular flexibility index (Phi) is 2.29. The molecule has 1 aromatic carbocycles. The molecule has 47 valence electrons. The fraction of sp³-hybridized carbons (Fsp3) is 0.250. The second kappa shape index (κ2) is 3.02. The molecule has 0 aliphatic rings. The molecule has 9 heavy (non-hydrogen) atoms. The highest BCUT2D eigenvalue weighted by atomic mass is 79.9. The van der Waals surface area contributed by atoms with Crippen molar-refractivity contribution < 1.29 is 0 Å². The lowest BCUT2D eigenvalue weighted by molar-refractivity contribution is 1.37. The Bertz CT molecular complexity index is 176. The summed E-state index contributed by atoms with van der Waals surface area (Å²) in [6.45, 7) is 2.06. The molecule has 0 atom stereocenters. The molecule has 0 heterocycles. The third-order valence-electron chi connectivity index (χ3n) is 1.18. The fourth-order valence-electron chi connectivity index (χ4n) is 0.618. The molecule has 0 fully saturated rings. The Labute approximate surface area is 64.0 Å². The highest BCUT2D eigenvalue weighted by molar-refractivity contribution is 9.08. The zero-order valence-electron chi connectivity index (χ0n) is 5.32. The molecule has 1 rings (SSSR count). The molecule has 0 bridgehead atoms. The van der Waals surface area contributed by atoms with Gasteiger partial charge in [-0.25, -0.2) is 0 Å². The van der Waals surface area contributed by atoms with Crippen molar-refractivity contribution >= 4 is 15.9 Å². The van der Waals surface area contributed by atoms with Crippen molar-refractivity contribution in [1.82, 2.24) is 0 Å².